The number of benzene rings is 1. The number of aliphatic hydroxyl groups excluding tert-OH is 1. The fourth-order valence-corrected chi connectivity index (χ4v) is 2.80. The zero-order chi connectivity index (χ0) is 13.7. The molecule has 0 saturated heterocycles. The maximum Gasteiger partial charge on any atom is 0.124 e. The van der Waals surface area contributed by atoms with Gasteiger partial charge in [0.2, 0.25) is 0 Å². The lowest BCUT2D eigenvalue weighted by atomic mass is 9.95. The van der Waals surface area contributed by atoms with Crippen molar-refractivity contribution in [2.24, 2.45) is 0 Å². The van der Waals surface area contributed by atoms with Gasteiger partial charge < -0.3 is 9.84 Å². The first kappa shape index (κ1) is 14.4. The van der Waals surface area contributed by atoms with E-state index in [1.54, 1.807) is 0 Å². The fourth-order valence-electron chi connectivity index (χ4n) is 2.80. The Hall–Kier alpha value is -1.02. The van der Waals surface area contributed by atoms with Crippen LogP contribution in [0.15, 0.2) is 24.3 Å². The normalized spacial score (nSPS) is 24.8. The third-order valence-corrected chi connectivity index (χ3v) is 3.99. The Labute approximate surface area is 116 Å². The van der Waals surface area contributed by atoms with Gasteiger partial charge in [-0.3, -0.25) is 0 Å². The molecule has 106 valence electrons. The maximum atomic E-state index is 10.2. The largest absolute Gasteiger partial charge is 0.487 e. The van der Waals surface area contributed by atoms with Crippen LogP contribution in [-0.4, -0.2) is 17.3 Å². The van der Waals surface area contributed by atoms with Gasteiger partial charge in [-0.15, -0.1) is 0 Å². The molecule has 0 spiro atoms. The lowest BCUT2D eigenvalue weighted by Crippen LogP contribution is -2.33. The van der Waals surface area contributed by atoms with Crippen molar-refractivity contribution in [3.05, 3.63) is 29.8 Å². The van der Waals surface area contributed by atoms with Crippen LogP contribution in [0.1, 0.15) is 63.9 Å². The summed E-state index contributed by atoms with van der Waals surface area (Å²) in [5.74, 6) is 1.39. The summed E-state index contributed by atoms with van der Waals surface area (Å²) in [5, 5.41) is 10.2. The zero-order valence-corrected chi connectivity index (χ0v) is 12.1. The molecule has 2 rings (SSSR count). The molecule has 0 heterocycles. The molecule has 1 saturated carbocycles. The summed E-state index contributed by atoms with van der Waals surface area (Å²) in [6.45, 7) is 4.35. The van der Waals surface area contributed by atoms with Crippen LogP contribution < -0.4 is 4.74 Å². The van der Waals surface area contributed by atoms with Gasteiger partial charge in [0.25, 0.3) is 0 Å². The third kappa shape index (κ3) is 3.97. The second kappa shape index (κ2) is 6.95. The number of aliphatic hydroxyl groups is 1. The molecule has 2 heteroatoms. The molecule has 0 aromatic heterocycles. The minimum Gasteiger partial charge on any atom is -0.487 e. The SMILES string of the molecule is CC(C)c1ccccc1OC1CCCCCCC1O. The molecule has 2 atom stereocenters. The second-order valence-electron chi connectivity index (χ2n) is 5.91. The standard InChI is InChI=1S/C17H26O2/c1-13(2)14-9-7-8-11-16(14)19-17-12-6-4-3-5-10-15(17)18/h7-9,11,13,15,17-18H,3-6,10,12H2,1-2H3. The van der Waals surface area contributed by atoms with Gasteiger partial charge in [0, 0.05) is 0 Å². The van der Waals surface area contributed by atoms with Crippen LogP contribution in [0, 0.1) is 0 Å². The molecule has 1 fully saturated rings. The summed E-state index contributed by atoms with van der Waals surface area (Å²) >= 11 is 0. The molecular weight excluding hydrogens is 236 g/mol. The van der Waals surface area contributed by atoms with Gasteiger partial charge in [0.05, 0.1) is 6.10 Å². The minimum absolute atomic E-state index is 0.0415. The molecule has 0 bridgehead atoms. The third-order valence-electron chi connectivity index (χ3n) is 3.99. The Balaban J connectivity index is 2.10. The van der Waals surface area contributed by atoms with Crippen LogP contribution in [0.4, 0.5) is 0 Å². The molecule has 0 amide bonds. The van der Waals surface area contributed by atoms with Crippen molar-refractivity contribution < 1.29 is 9.84 Å². The zero-order valence-electron chi connectivity index (χ0n) is 12.1. The van der Waals surface area contributed by atoms with Crippen molar-refractivity contribution >= 4 is 0 Å². The summed E-state index contributed by atoms with van der Waals surface area (Å²) in [6.07, 6.45) is 6.26. The smallest absolute Gasteiger partial charge is 0.124 e. The molecule has 0 aliphatic heterocycles. The first-order chi connectivity index (χ1) is 9.18. The average molecular weight is 262 g/mol. The summed E-state index contributed by atoms with van der Waals surface area (Å²) in [7, 11) is 0. The van der Waals surface area contributed by atoms with Gasteiger partial charge in [-0.05, 0) is 36.8 Å². The molecule has 19 heavy (non-hydrogen) atoms. The van der Waals surface area contributed by atoms with Crippen molar-refractivity contribution in [1.29, 1.82) is 0 Å². The Bertz CT molecular complexity index is 387. The summed E-state index contributed by atoms with van der Waals surface area (Å²) < 4.78 is 6.15. The lowest BCUT2D eigenvalue weighted by Gasteiger charge is -2.27. The average Bonchev–Trinajstić information content (AvgIpc) is 2.39. The highest BCUT2D eigenvalue weighted by molar-refractivity contribution is 5.35. The van der Waals surface area contributed by atoms with E-state index >= 15 is 0 Å². The summed E-state index contributed by atoms with van der Waals surface area (Å²) in [4.78, 5) is 0. The summed E-state index contributed by atoms with van der Waals surface area (Å²) in [5.41, 5.74) is 1.23. The van der Waals surface area contributed by atoms with Gasteiger partial charge in [0.15, 0.2) is 0 Å². The van der Waals surface area contributed by atoms with Crippen molar-refractivity contribution in [3.63, 3.8) is 0 Å². The molecule has 2 unspecified atom stereocenters. The highest BCUT2D eigenvalue weighted by Gasteiger charge is 2.23. The minimum atomic E-state index is -0.319. The van der Waals surface area contributed by atoms with E-state index in [2.05, 4.69) is 26.0 Å². The van der Waals surface area contributed by atoms with Crippen LogP contribution >= 0.6 is 0 Å². The molecule has 1 aliphatic rings. The van der Waals surface area contributed by atoms with Crippen molar-refractivity contribution in [3.8, 4) is 5.75 Å². The quantitative estimate of drug-likeness (QED) is 0.881. The maximum absolute atomic E-state index is 10.2. The fraction of sp³-hybridized carbons (Fsp3) is 0.647. The Morgan fingerprint density at radius 2 is 1.74 bits per heavy atom. The van der Waals surface area contributed by atoms with Gasteiger partial charge in [-0.1, -0.05) is 51.3 Å². The van der Waals surface area contributed by atoms with Crippen LogP contribution in [0.2, 0.25) is 0 Å². The molecule has 1 N–H and O–H groups in total. The van der Waals surface area contributed by atoms with E-state index in [1.807, 2.05) is 12.1 Å². The number of para-hydroxylation sites is 1. The van der Waals surface area contributed by atoms with Gasteiger partial charge >= 0.3 is 0 Å². The predicted octanol–water partition coefficient (Wildman–Crippen LogP) is 4.27. The topological polar surface area (TPSA) is 29.5 Å². The Morgan fingerprint density at radius 1 is 1.05 bits per heavy atom. The van der Waals surface area contributed by atoms with Gasteiger partial charge in [-0.25, -0.2) is 0 Å². The van der Waals surface area contributed by atoms with E-state index < -0.39 is 0 Å². The molecule has 0 radical (unpaired) electrons. The molecule has 1 aromatic rings. The molecular formula is C17H26O2. The summed E-state index contributed by atoms with van der Waals surface area (Å²) in [6, 6.07) is 8.21. The van der Waals surface area contributed by atoms with E-state index in [-0.39, 0.29) is 12.2 Å². The number of hydrogen-bond acceptors (Lipinski definition) is 2. The predicted molar refractivity (Wildman–Crippen MR) is 78.7 cm³/mol. The van der Waals surface area contributed by atoms with E-state index in [0.29, 0.717) is 5.92 Å². The van der Waals surface area contributed by atoms with E-state index in [4.69, 9.17) is 4.74 Å². The monoisotopic (exact) mass is 262 g/mol. The van der Waals surface area contributed by atoms with Crippen molar-refractivity contribution in [1.82, 2.24) is 0 Å². The Morgan fingerprint density at radius 3 is 2.47 bits per heavy atom. The van der Waals surface area contributed by atoms with Crippen LogP contribution in [0.25, 0.3) is 0 Å². The Kier molecular flexibility index (Phi) is 5.26. The molecule has 1 aromatic carbocycles. The first-order valence-electron chi connectivity index (χ1n) is 7.62. The van der Waals surface area contributed by atoms with Gasteiger partial charge in [0.1, 0.15) is 11.9 Å². The number of rotatable bonds is 3. The van der Waals surface area contributed by atoms with Crippen LogP contribution in [0.5, 0.6) is 5.75 Å². The van der Waals surface area contributed by atoms with Crippen molar-refractivity contribution in [2.45, 2.75) is 70.5 Å². The molecule has 2 nitrogen and oxygen atoms in total. The number of hydrogen-bond donors (Lipinski definition) is 1. The molecule has 1 aliphatic carbocycles. The first-order valence-corrected chi connectivity index (χ1v) is 7.62. The van der Waals surface area contributed by atoms with Crippen molar-refractivity contribution in [2.75, 3.05) is 0 Å². The number of ether oxygens (including phenoxy) is 1. The van der Waals surface area contributed by atoms with E-state index in [9.17, 15) is 5.11 Å². The van der Waals surface area contributed by atoms with Gasteiger partial charge in [-0.2, -0.15) is 0 Å². The second-order valence-corrected chi connectivity index (χ2v) is 5.91. The highest BCUT2D eigenvalue weighted by atomic mass is 16.5. The lowest BCUT2D eigenvalue weighted by molar-refractivity contribution is 0.0181. The van der Waals surface area contributed by atoms with Crippen LogP contribution in [0.3, 0.4) is 0 Å². The van der Waals surface area contributed by atoms with E-state index in [0.717, 1.165) is 31.4 Å². The van der Waals surface area contributed by atoms with E-state index in [1.165, 1.54) is 18.4 Å². The highest BCUT2D eigenvalue weighted by Crippen LogP contribution is 2.29. The van der Waals surface area contributed by atoms with Crippen LogP contribution in [-0.2, 0) is 0 Å².